The van der Waals surface area contributed by atoms with Gasteiger partial charge in [0.15, 0.2) is 0 Å². The molecule has 0 aliphatic carbocycles. The first-order chi connectivity index (χ1) is 10.7. The van der Waals surface area contributed by atoms with Gasteiger partial charge in [0.1, 0.15) is 0 Å². The highest BCUT2D eigenvalue weighted by molar-refractivity contribution is 7.80. The number of aliphatic carboxylic acids is 1. The number of hydrogen-bond donors (Lipinski definition) is 2. The van der Waals surface area contributed by atoms with E-state index in [1.807, 2.05) is 30.3 Å². The number of benzene rings is 1. The molecule has 0 aliphatic rings. The predicted molar refractivity (Wildman–Crippen MR) is 90.8 cm³/mol. The summed E-state index contributed by atoms with van der Waals surface area (Å²) < 4.78 is 5.66. The summed E-state index contributed by atoms with van der Waals surface area (Å²) in [7, 11) is 3.21. The first-order valence-corrected chi connectivity index (χ1v) is 7.90. The minimum atomic E-state index is -1.81. The van der Waals surface area contributed by atoms with Gasteiger partial charge in [-0.25, -0.2) is 14.8 Å². The summed E-state index contributed by atoms with van der Waals surface area (Å²) in [4.78, 5) is 24.4. The number of carbonyl (C=O) groups is 2. The van der Waals surface area contributed by atoms with E-state index in [0.717, 1.165) is 10.6 Å². The Hall–Kier alpha value is -1.57. The van der Waals surface area contributed by atoms with Crippen molar-refractivity contribution in [3.63, 3.8) is 0 Å². The highest BCUT2D eigenvalue weighted by Gasteiger charge is 2.46. The van der Waals surface area contributed by atoms with Gasteiger partial charge in [-0.15, -0.1) is 0 Å². The number of amides is 1. The first kappa shape index (κ1) is 19.5. The Morgan fingerprint density at radius 1 is 1.30 bits per heavy atom. The van der Waals surface area contributed by atoms with Gasteiger partial charge in [-0.05, 0) is 12.5 Å². The standard InChI is InChI=1S/C16H24N2O4S/c1-12(11-23)14(19)18(17(3)4)16(2,15(20)21)22-10-13-8-6-5-7-9-13/h5-9,12,23H,10-11H2,1-4H3,(H,20,21)/t12-,16?/m1/s1. The Balaban J connectivity index is 3.08. The molecule has 0 fully saturated rings. The molecule has 6 nitrogen and oxygen atoms in total. The number of ether oxygens (including phenoxy) is 1. The summed E-state index contributed by atoms with van der Waals surface area (Å²) in [5.41, 5.74) is -0.985. The number of rotatable bonds is 8. The van der Waals surface area contributed by atoms with Crippen molar-refractivity contribution in [2.45, 2.75) is 26.2 Å². The van der Waals surface area contributed by atoms with Crippen molar-refractivity contribution in [1.29, 1.82) is 0 Å². The molecule has 0 spiro atoms. The summed E-state index contributed by atoms with van der Waals surface area (Å²) in [5.74, 6) is -1.71. The third-order valence-electron chi connectivity index (χ3n) is 3.47. The van der Waals surface area contributed by atoms with E-state index in [-0.39, 0.29) is 12.5 Å². The van der Waals surface area contributed by atoms with E-state index in [1.54, 1.807) is 21.0 Å². The van der Waals surface area contributed by atoms with Gasteiger partial charge in [-0.3, -0.25) is 4.79 Å². The molecule has 1 rings (SSSR count). The molecule has 23 heavy (non-hydrogen) atoms. The van der Waals surface area contributed by atoms with Crippen LogP contribution in [0.15, 0.2) is 30.3 Å². The SMILES string of the molecule is C[C@H](CS)C(=O)N(N(C)C)C(C)(OCc1ccccc1)C(=O)O. The topological polar surface area (TPSA) is 70.1 Å². The van der Waals surface area contributed by atoms with Crippen molar-refractivity contribution < 1.29 is 19.4 Å². The van der Waals surface area contributed by atoms with Crippen molar-refractivity contribution in [2.24, 2.45) is 5.92 Å². The van der Waals surface area contributed by atoms with Crippen molar-refractivity contribution in [1.82, 2.24) is 10.0 Å². The van der Waals surface area contributed by atoms with Crippen molar-refractivity contribution in [3.05, 3.63) is 35.9 Å². The van der Waals surface area contributed by atoms with E-state index in [0.29, 0.717) is 5.75 Å². The second-order valence-electron chi connectivity index (χ2n) is 5.64. The molecule has 0 aromatic heterocycles. The number of nitrogens with zero attached hydrogens (tertiary/aromatic N) is 2. The van der Waals surface area contributed by atoms with E-state index in [4.69, 9.17) is 4.74 Å². The zero-order valence-corrected chi connectivity index (χ0v) is 14.8. The minimum absolute atomic E-state index is 0.0799. The lowest BCUT2D eigenvalue weighted by Gasteiger charge is -2.42. The van der Waals surface area contributed by atoms with Crippen LogP contribution in [0.4, 0.5) is 0 Å². The minimum Gasteiger partial charge on any atom is -0.478 e. The fourth-order valence-corrected chi connectivity index (χ4v) is 2.24. The number of carbonyl (C=O) groups excluding carboxylic acids is 1. The number of thiol groups is 1. The smallest absolute Gasteiger partial charge is 0.358 e. The molecule has 1 aromatic rings. The zero-order chi connectivity index (χ0) is 17.6. The molecular formula is C16H24N2O4S. The maximum Gasteiger partial charge on any atom is 0.358 e. The Bertz CT molecular complexity index is 538. The van der Waals surface area contributed by atoms with Gasteiger partial charge in [-0.1, -0.05) is 37.3 Å². The third kappa shape index (κ3) is 4.70. The second kappa shape index (κ2) is 8.33. The summed E-state index contributed by atoms with van der Waals surface area (Å²) in [6.45, 7) is 3.16. The summed E-state index contributed by atoms with van der Waals surface area (Å²) in [6.07, 6.45) is 0. The van der Waals surface area contributed by atoms with Gasteiger partial charge in [0.25, 0.3) is 5.72 Å². The van der Waals surface area contributed by atoms with Crippen LogP contribution in [-0.2, 0) is 20.9 Å². The van der Waals surface area contributed by atoms with Crippen LogP contribution in [0.1, 0.15) is 19.4 Å². The summed E-state index contributed by atoms with van der Waals surface area (Å²) in [6, 6.07) is 9.22. The highest BCUT2D eigenvalue weighted by Crippen LogP contribution is 2.23. The maximum absolute atomic E-state index is 12.6. The zero-order valence-electron chi connectivity index (χ0n) is 13.9. The average molecular weight is 340 g/mol. The summed E-state index contributed by atoms with van der Waals surface area (Å²) >= 11 is 4.12. The lowest BCUT2D eigenvalue weighted by atomic mass is 10.1. The lowest BCUT2D eigenvalue weighted by molar-refractivity contribution is -0.233. The molecular weight excluding hydrogens is 316 g/mol. The molecule has 0 radical (unpaired) electrons. The molecule has 0 saturated carbocycles. The van der Waals surface area contributed by atoms with Gasteiger partial charge in [0.05, 0.1) is 6.61 Å². The monoisotopic (exact) mass is 340 g/mol. The number of carboxylic acid groups (broad SMARTS) is 1. The molecule has 1 N–H and O–H groups in total. The lowest BCUT2D eigenvalue weighted by Crippen LogP contribution is -2.62. The van der Waals surface area contributed by atoms with Crippen molar-refractivity contribution >= 4 is 24.5 Å². The second-order valence-corrected chi connectivity index (χ2v) is 6.01. The molecule has 1 unspecified atom stereocenters. The predicted octanol–water partition coefficient (Wildman–Crippen LogP) is 1.88. The fraction of sp³-hybridized carbons (Fsp3) is 0.500. The van der Waals surface area contributed by atoms with E-state index >= 15 is 0 Å². The molecule has 1 aromatic carbocycles. The third-order valence-corrected chi connectivity index (χ3v) is 4.02. The van der Waals surface area contributed by atoms with Crippen LogP contribution >= 0.6 is 12.6 Å². The quantitative estimate of drug-likeness (QED) is 0.429. The van der Waals surface area contributed by atoms with Crippen LogP contribution in [0.25, 0.3) is 0 Å². The molecule has 0 saturated heterocycles. The van der Waals surface area contributed by atoms with Gasteiger partial charge in [0.2, 0.25) is 5.91 Å². The molecule has 0 bridgehead atoms. The molecule has 7 heteroatoms. The summed E-state index contributed by atoms with van der Waals surface area (Å²) in [5, 5.41) is 12.2. The first-order valence-electron chi connectivity index (χ1n) is 7.27. The van der Waals surface area contributed by atoms with Crippen LogP contribution in [-0.4, -0.2) is 52.6 Å². The molecule has 128 valence electrons. The van der Waals surface area contributed by atoms with Crippen LogP contribution < -0.4 is 0 Å². The molecule has 0 aliphatic heterocycles. The number of carboxylic acids is 1. The van der Waals surface area contributed by atoms with E-state index in [1.165, 1.54) is 11.9 Å². The molecule has 1 amide bonds. The van der Waals surface area contributed by atoms with E-state index < -0.39 is 17.6 Å². The van der Waals surface area contributed by atoms with Crippen LogP contribution in [0.5, 0.6) is 0 Å². The highest BCUT2D eigenvalue weighted by atomic mass is 32.1. The van der Waals surface area contributed by atoms with E-state index in [9.17, 15) is 14.7 Å². The van der Waals surface area contributed by atoms with Crippen molar-refractivity contribution in [3.8, 4) is 0 Å². The number of hydrazine groups is 1. The Kier molecular flexibility index (Phi) is 7.05. The Labute approximate surface area is 142 Å². The maximum atomic E-state index is 12.6. The van der Waals surface area contributed by atoms with Crippen molar-refractivity contribution in [2.75, 3.05) is 19.8 Å². The van der Waals surface area contributed by atoms with Crippen LogP contribution in [0, 0.1) is 5.92 Å². The largest absolute Gasteiger partial charge is 0.478 e. The van der Waals surface area contributed by atoms with Gasteiger partial charge < -0.3 is 9.84 Å². The Morgan fingerprint density at radius 3 is 2.30 bits per heavy atom. The van der Waals surface area contributed by atoms with Crippen LogP contribution in [0.3, 0.4) is 0 Å². The fourth-order valence-electron chi connectivity index (χ4n) is 2.09. The average Bonchev–Trinajstić information content (AvgIpc) is 2.52. The van der Waals surface area contributed by atoms with E-state index in [2.05, 4.69) is 12.6 Å². The molecule has 2 atom stereocenters. The number of hydrogen-bond acceptors (Lipinski definition) is 5. The van der Waals surface area contributed by atoms with Gasteiger partial charge in [-0.2, -0.15) is 12.6 Å². The van der Waals surface area contributed by atoms with Gasteiger partial charge >= 0.3 is 5.97 Å². The van der Waals surface area contributed by atoms with Gasteiger partial charge in [0, 0.05) is 25.8 Å². The molecule has 0 heterocycles. The van der Waals surface area contributed by atoms with Crippen LogP contribution in [0.2, 0.25) is 0 Å². The Morgan fingerprint density at radius 2 is 1.87 bits per heavy atom. The normalized spacial score (nSPS) is 15.0.